The first-order valence-corrected chi connectivity index (χ1v) is 8.34. The summed E-state index contributed by atoms with van der Waals surface area (Å²) in [5.74, 6) is -2.67. The van der Waals surface area contributed by atoms with Crippen LogP contribution in [0.25, 0.3) is 0 Å². The topological polar surface area (TPSA) is 128 Å². The number of hydrogen-bond donors (Lipinski definition) is 2. The Hall–Kier alpha value is -3.66. The third-order valence-corrected chi connectivity index (χ3v) is 4.10. The zero-order valence-electron chi connectivity index (χ0n) is 13.6. The van der Waals surface area contributed by atoms with Crippen molar-refractivity contribution in [3.8, 4) is 0 Å². The van der Waals surface area contributed by atoms with Crippen molar-refractivity contribution >= 4 is 40.0 Å². The largest absolute Gasteiger partial charge is 0.459 e. The van der Waals surface area contributed by atoms with Crippen molar-refractivity contribution in [3.63, 3.8) is 0 Å². The Kier molecular flexibility index (Phi) is 5.47. The fourth-order valence-corrected chi connectivity index (χ4v) is 2.73. The van der Waals surface area contributed by atoms with Crippen LogP contribution in [-0.4, -0.2) is 30.3 Å². The van der Waals surface area contributed by atoms with Gasteiger partial charge in [0.05, 0.1) is 17.5 Å². The summed E-state index contributed by atoms with van der Waals surface area (Å²) in [4.78, 5) is 47.3. The molecule has 9 nitrogen and oxygen atoms in total. The smallest absolute Gasteiger partial charge is 0.348 e. The Labute approximate surface area is 155 Å². The quantitative estimate of drug-likeness (QED) is 0.620. The molecule has 2 N–H and O–H groups in total. The average Bonchev–Trinajstić information content (AvgIpc) is 3.41. The fourth-order valence-electron chi connectivity index (χ4n) is 1.93. The summed E-state index contributed by atoms with van der Waals surface area (Å²) in [6.45, 7) is -0.642. The van der Waals surface area contributed by atoms with Crippen LogP contribution < -0.4 is 10.6 Å². The zero-order chi connectivity index (χ0) is 19.2. The van der Waals surface area contributed by atoms with E-state index < -0.39 is 30.3 Å². The minimum absolute atomic E-state index is 0.0372. The normalized spacial score (nSPS) is 10.2. The van der Waals surface area contributed by atoms with Crippen LogP contribution in [0.15, 0.2) is 57.8 Å². The monoisotopic (exact) mass is 388 g/mol. The van der Waals surface area contributed by atoms with Gasteiger partial charge >= 0.3 is 5.97 Å². The van der Waals surface area contributed by atoms with E-state index in [1.807, 2.05) is 5.32 Å². The summed E-state index contributed by atoms with van der Waals surface area (Å²) < 4.78 is 14.7. The van der Waals surface area contributed by atoms with Gasteiger partial charge in [-0.05, 0) is 36.4 Å². The van der Waals surface area contributed by atoms with Crippen LogP contribution in [0.3, 0.4) is 0 Å². The fraction of sp³-hybridized carbons (Fsp3) is 0.0588. The third kappa shape index (κ3) is 4.70. The van der Waals surface area contributed by atoms with E-state index >= 15 is 0 Å². The predicted octanol–water partition coefficient (Wildman–Crippen LogP) is 2.30. The average molecular weight is 388 g/mol. The molecule has 0 aliphatic heterocycles. The molecule has 3 rings (SSSR count). The van der Waals surface area contributed by atoms with Crippen molar-refractivity contribution in [2.45, 2.75) is 0 Å². The highest BCUT2D eigenvalue weighted by molar-refractivity contribution is 7.18. The maximum absolute atomic E-state index is 12.0. The van der Waals surface area contributed by atoms with Crippen LogP contribution in [-0.2, 0) is 9.53 Å². The molecule has 27 heavy (non-hydrogen) atoms. The van der Waals surface area contributed by atoms with E-state index in [1.165, 1.54) is 42.9 Å². The molecule has 3 heterocycles. The molecule has 0 saturated carbocycles. The Morgan fingerprint density at radius 2 is 1.59 bits per heavy atom. The maximum Gasteiger partial charge on any atom is 0.348 e. The lowest BCUT2D eigenvalue weighted by Gasteiger charge is -2.03. The SMILES string of the molecule is O=C(COC(=O)c1ccc(NC(=O)c2ccco2)s1)NC(=O)c1ccco1. The van der Waals surface area contributed by atoms with Gasteiger partial charge in [-0.25, -0.2) is 4.79 Å². The lowest BCUT2D eigenvalue weighted by molar-refractivity contribution is -0.123. The molecule has 10 heteroatoms. The van der Waals surface area contributed by atoms with E-state index in [0.29, 0.717) is 5.00 Å². The number of anilines is 1. The maximum atomic E-state index is 12.0. The Balaban J connectivity index is 1.48. The second-order valence-corrected chi connectivity index (χ2v) is 6.11. The molecule has 0 aromatic carbocycles. The van der Waals surface area contributed by atoms with Crippen LogP contribution in [0.4, 0.5) is 5.00 Å². The number of furan rings is 2. The zero-order valence-corrected chi connectivity index (χ0v) is 14.4. The second-order valence-electron chi connectivity index (χ2n) is 5.03. The van der Waals surface area contributed by atoms with Crippen LogP contribution in [0.1, 0.15) is 30.8 Å². The van der Waals surface area contributed by atoms with Crippen molar-refractivity contribution in [1.82, 2.24) is 5.32 Å². The highest BCUT2D eigenvalue weighted by atomic mass is 32.1. The van der Waals surface area contributed by atoms with E-state index in [9.17, 15) is 19.2 Å². The second kappa shape index (κ2) is 8.15. The molecule has 0 aliphatic rings. The first-order chi connectivity index (χ1) is 13.0. The third-order valence-electron chi connectivity index (χ3n) is 3.12. The Morgan fingerprint density at radius 3 is 2.22 bits per heavy atom. The molecule has 3 amide bonds. The van der Waals surface area contributed by atoms with Gasteiger partial charge in [0.15, 0.2) is 18.1 Å². The number of rotatable bonds is 6. The van der Waals surface area contributed by atoms with Gasteiger partial charge in [0.1, 0.15) is 4.88 Å². The van der Waals surface area contributed by atoms with E-state index in [-0.39, 0.29) is 16.4 Å². The standard InChI is InChI=1S/C17H12N2O7S/c20-13(18-15(21)10-3-1-7-24-10)9-26-17(23)12-5-6-14(27-12)19-16(22)11-4-2-8-25-11/h1-8H,9H2,(H,19,22)(H,18,20,21). The molecule has 0 saturated heterocycles. The number of ether oxygens (including phenoxy) is 1. The van der Waals surface area contributed by atoms with Gasteiger partial charge in [-0.15, -0.1) is 11.3 Å². The van der Waals surface area contributed by atoms with Crippen molar-refractivity contribution in [2.75, 3.05) is 11.9 Å². The van der Waals surface area contributed by atoms with E-state index in [2.05, 4.69) is 5.32 Å². The molecule has 0 atom stereocenters. The minimum atomic E-state index is -0.798. The molecule has 0 unspecified atom stereocenters. The van der Waals surface area contributed by atoms with E-state index in [4.69, 9.17) is 13.6 Å². The van der Waals surface area contributed by atoms with Crippen molar-refractivity contribution in [1.29, 1.82) is 0 Å². The molecule has 0 radical (unpaired) electrons. The molecule has 138 valence electrons. The summed E-state index contributed by atoms with van der Waals surface area (Å²) >= 11 is 0.968. The molecule has 0 bridgehead atoms. The highest BCUT2D eigenvalue weighted by Crippen LogP contribution is 2.23. The Bertz CT molecular complexity index is 958. The minimum Gasteiger partial charge on any atom is -0.459 e. The summed E-state index contributed by atoms with van der Waals surface area (Å²) in [6, 6.07) is 8.92. The van der Waals surface area contributed by atoms with Crippen molar-refractivity contribution in [2.24, 2.45) is 0 Å². The van der Waals surface area contributed by atoms with Crippen LogP contribution >= 0.6 is 11.3 Å². The predicted molar refractivity (Wildman–Crippen MR) is 92.4 cm³/mol. The van der Waals surface area contributed by atoms with E-state index in [0.717, 1.165) is 11.3 Å². The van der Waals surface area contributed by atoms with E-state index in [1.54, 1.807) is 6.07 Å². The number of esters is 1. The van der Waals surface area contributed by atoms with Crippen molar-refractivity contribution < 1.29 is 32.7 Å². The first-order valence-electron chi connectivity index (χ1n) is 7.52. The van der Waals surface area contributed by atoms with Crippen LogP contribution in [0.5, 0.6) is 0 Å². The van der Waals surface area contributed by atoms with Gasteiger partial charge in [-0.2, -0.15) is 0 Å². The van der Waals surface area contributed by atoms with Gasteiger partial charge in [0.25, 0.3) is 17.7 Å². The molecular weight excluding hydrogens is 376 g/mol. The summed E-state index contributed by atoms with van der Waals surface area (Å²) in [7, 11) is 0. The van der Waals surface area contributed by atoms with Gasteiger partial charge in [-0.1, -0.05) is 0 Å². The van der Waals surface area contributed by atoms with Crippen molar-refractivity contribution in [3.05, 3.63) is 65.3 Å². The Morgan fingerprint density at radius 1 is 0.926 bits per heavy atom. The molecule has 3 aromatic heterocycles. The van der Waals surface area contributed by atoms with Gasteiger partial charge < -0.3 is 18.9 Å². The summed E-state index contributed by atoms with van der Waals surface area (Å²) in [5.41, 5.74) is 0. The number of hydrogen-bond acceptors (Lipinski definition) is 8. The number of carbonyl (C=O) groups is 4. The molecular formula is C17H12N2O7S. The highest BCUT2D eigenvalue weighted by Gasteiger charge is 2.17. The number of amides is 3. The first kappa shape index (κ1) is 18.1. The number of nitrogens with one attached hydrogen (secondary N) is 2. The van der Waals surface area contributed by atoms with Crippen LogP contribution in [0, 0.1) is 0 Å². The van der Waals surface area contributed by atoms with Crippen LogP contribution in [0.2, 0.25) is 0 Å². The van der Waals surface area contributed by atoms with Gasteiger partial charge in [0.2, 0.25) is 0 Å². The summed E-state index contributed by atoms with van der Waals surface area (Å²) in [5, 5.41) is 5.00. The molecule has 0 fully saturated rings. The molecule has 0 aliphatic carbocycles. The number of imide groups is 1. The lowest BCUT2D eigenvalue weighted by Crippen LogP contribution is -2.33. The number of thiophene rings is 1. The molecule has 3 aromatic rings. The summed E-state index contributed by atoms with van der Waals surface area (Å²) in [6.07, 6.45) is 2.66. The number of carbonyl (C=O) groups excluding carboxylic acids is 4. The van der Waals surface area contributed by atoms with Gasteiger partial charge in [-0.3, -0.25) is 19.7 Å². The van der Waals surface area contributed by atoms with Gasteiger partial charge in [0, 0.05) is 0 Å². The molecule has 0 spiro atoms. The lowest BCUT2D eigenvalue weighted by atomic mass is 10.4.